The number of halogens is 1. The topological polar surface area (TPSA) is 37.4 Å². The van der Waals surface area contributed by atoms with Crippen LogP contribution < -0.4 is 4.90 Å². The number of Topliss-reactive ketones (excluding diaryl/α,β-unsaturated/α-hetero) is 1. The third-order valence-electron chi connectivity index (χ3n) is 4.04. The Kier molecular flexibility index (Phi) is 5.54. The molecule has 0 N–H and O–H groups in total. The predicted octanol–water partition coefficient (Wildman–Crippen LogP) is 4.28. The first-order chi connectivity index (χ1) is 12.6. The Morgan fingerprint density at radius 2 is 1.35 bits per heavy atom. The van der Waals surface area contributed by atoms with Gasteiger partial charge in [0.25, 0.3) is 0 Å². The van der Waals surface area contributed by atoms with E-state index >= 15 is 0 Å². The Bertz CT molecular complexity index is 877. The summed E-state index contributed by atoms with van der Waals surface area (Å²) in [5, 5.41) is 0. The van der Waals surface area contributed by atoms with Gasteiger partial charge < -0.3 is 4.90 Å². The summed E-state index contributed by atoms with van der Waals surface area (Å²) in [4.78, 5) is 26.8. The second-order valence-corrected chi connectivity index (χ2v) is 5.91. The lowest BCUT2D eigenvalue weighted by Crippen LogP contribution is -2.37. The smallest absolute Gasteiger partial charge is 0.231 e. The van der Waals surface area contributed by atoms with E-state index in [1.54, 1.807) is 24.3 Å². The summed E-state index contributed by atoms with van der Waals surface area (Å²) in [5.41, 5.74) is 1.89. The van der Waals surface area contributed by atoms with Gasteiger partial charge in [0.15, 0.2) is 5.78 Å². The molecule has 3 nitrogen and oxygen atoms in total. The van der Waals surface area contributed by atoms with Crippen LogP contribution in [0.15, 0.2) is 84.9 Å². The van der Waals surface area contributed by atoms with E-state index in [0.29, 0.717) is 11.3 Å². The lowest BCUT2D eigenvalue weighted by atomic mass is 10.1. The third-order valence-corrected chi connectivity index (χ3v) is 4.04. The normalized spacial score (nSPS) is 10.3. The van der Waals surface area contributed by atoms with E-state index < -0.39 is 5.82 Å². The molecule has 3 rings (SSSR count). The largest absolute Gasteiger partial charge is 0.304 e. The van der Waals surface area contributed by atoms with Gasteiger partial charge in [0.1, 0.15) is 5.82 Å². The van der Waals surface area contributed by atoms with Crippen LogP contribution in [-0.4, -0.2) is 18.2 Å². The molecule has 0 spiro atoms. The number of ketones is 1. The number of benzene rings is 3. The molecule has 4 heteroatoms. The van der Waals surface area contributed by atoms with Crippen LogP contribution in [0.1, 0.15) is 15.9 Å². The number of hydrogen-bond acceptors (Lipinski definition) is 2. The van der Waals surface area contributed by atoms with Crippen LogP contribution in [0.4, 0.5) is 10.1 Å². The Morgan fingerprint density at radius 3 is 1.96 bits per heavy atom. The Hall–Kier alpha value is -3.27. The summed E-state index contributed by atoms with van der Waals surface area (Å²) in [7, 11) is 0. The van der Waals surface area contributed by atoms with Crippen molar-refractivity contribution in [3.05, 3.63) is 102 Å². The maximum Gasteiger partial charge on any atom is 0.231 e. The molecular weight excluding hydrogens is 329 g/mol. The molecule has 0 unspecified atom stereocenters. The minimum atomic E-state index is -0.390. The van der Waals surface area contributed by atoms with Crippen LogP contribution >= 0.6 is 0 Å². The standard InChI is InChI=1S/C22H18FNO2/c23-19-11-13-20(14-12-19)24(16-21(25)18-9-5-2-6-10-18)22(26)15-17-7-3-1-4-8-17/h1-14H,15-16H2. The lowest BCUT2D eigenvalue weighted by Gasteiger charge is -2.22. The summed E-state index contributed by atoms with van der Waals surface area (Å²) < 4.78 is 13.3. The molecular formula is C22H18FNO2. The van der Waals surface area contributed by atoms with Gasteiger partial charge in [-0.15, -0.1) is 0 Å². The number of amides is 1. The zero-order chi connectivity index (χ0) is 18.4. The SMILES string of the molecule is O=C(CN(C(=O)Cc1ccccc1)c1ccc(F)cc1)c1ccccc1. The van der Waals surface area contributed by atoms with Crippen LogP contribution in [0.2, 0.25) is 0 Å². The van der Waals surface area contributed by atoms with Gasteiger partial charge in [0.05, 0.1) is 13.0 Å². The van der Waals surface area contributed by atoms with Crippen molar-refractivity contribution in [2.24, 2.45) is 0 Å². The first kappa shape index (κ1) is 17.5. The fourth-order valence-electron chi connectivity index (χ4n) is 2.67. The highest BCUT2D eigenvalue weighted by Crippen LogP contribution is 2.18. The second-order valence-electron chi connectivity index (χ2n) is 5.91. The van der Waals surface area contributed by atoms with Gasteiger partial charge in [-0.2, -0.15) is 0 Å². The van der Waals surface area contributed by atoms with Crippen molar-refractivity contribution in [1.29, 1.82) is 0 Å². The van der Waals surface area contributed by atoms with Gasteiger partial charge >= 0.3 is 0 Å². The fourth-order valence-corrected chi connectivity index (χ4v) is 2.67. The number of hydrogen-bond donors (Lipinski definition) is 0. The molecule has 0 bridgehead atoms. The Labute approximate surface area is 151 Å². The number of carbonyl (C=O) groups is 2. The number of rotatable bonds is 6. The van der Waals surface area contributed by atoms with E-state index in [9.17, 15) is 14.0 Å². The van der Waals surface area contributed by atoms with Crippen molar-refractivity contribution in [3.63, 3.8) is 0 Å². The van der Waals surface area contributed by atoms with Gasteiger partial charge in [0, 0.05) is 11.3 Å². The molecule has 0 aliphatic rings. The fraction of sp³-hybridized carbons (Fsp3) is 0.0909. The average molecular weight is 347 g/mol. The maximum atomic E-state index is 13.3. The van der Waals surface area contributed by atoms with Crippen LogP contribution in [0.5, 0.6) is 0 Å². The van der Waals surface area contributed by atoms with Crippen molar-refractivity contribution in [2.75, 3.05) is 11.4 Å². The lowest BCUT2D eigenvalue weighted by molar-refractivity contribution is -0.117. The minimum absolute atomic E-state index is 0.0959. The molecule has 0 radical (unpaired) electrons. The monoisotopic (exact) mass is 347 g/mol. The van der Waals surface area contributed by atoms with E-state index in [-0.39, 0.29) is 24.7 Å². The van der Waals surface area contributed by atoms with E-state index in [0.717, 1.165) is 5.56 Å². The Morgan fingerprint density at radius 1 is 0.769 bits per heavy atom. The summed E-state index contributed by atoms with van der Waals surface area (Å²) in [6.45, 7) is -0.0959. The molecule has 0 saturated heterocycles. The summed E-state index contributed by atoms with van der Waals surface area (Å²) in [6.07, 6.45) is 0.167. The molecule has 0 aliphatic heterocycles. The van der Waals surface area contributed by atoms with Crippen molar-refractivity contribution < 1.29 is 14.0 Å². The van der Waals surface area contributed by atoms with Crippen LogP contribution in [-0.2, 0) is 11.2 Å². The minimum Gasteiger partial charge on any atom is -0.304 e. The highest BCUT2D eigenvalue weighted by atomic mass is 19.1. The van der Waals surface area contributed by atoms with Crippen LogP contribution in [0.3, 0.4) is 0 Å². The summed E-state index contributed by atoms with van der Waals surface area (Å²) in [5.74, 6) is -0.776. The van der Waals surface area contributed by atoms with E-state index in [4.69, 9.17) is 0 Å². The molecule has 3 aromatic carbocycles. The quantitative estimate of drug-likeness (QED) is 0.624. The third kappa shape index (κ3) is 4.42. The van der Waals surface area contributed by atoms with Gasteiger partial charge in [-0.3, -0.25) is 9.59 Å². The highest BCUT2D eigenvalue weighted by Gasteiger charge is 2.20. The first-order valence-electron chi connectivity index (χ1n) is 8.31. The van der Waals surface area contributed by atoms with Crippen LogP contribution in [0, 0.1) is 5.82 Å². The zero-order valence-electron chi connectivity index (χ0n) is 14.1. The van der Waals surface area contributed by atoms with Crippen molar-refractivity contribution >= 4 is 17.4 Å². The molecule has 0 saturated carbocycles. The van der Waals surface area contributed by atoms with E-state index in [1.165, 1.54) is 29.2 Å². The van der Waals surface area contributed by atoms with Gasteiger partial charge in [-0.1, -0.05) is 60.7 Å². The van der Waals surface area contributed by atoms with Gasteiger partial charge in [-0.25, -0.2) is 4.39 Å². The van der Waals surface area contributed by atoms with E-state index in [2.05, 4.69) is 0 Å². The summed E-state index contributed by atoms with van der Waals surface area (Å²) >= 11 is 0. The molecule has 0 aliphatic carbocycles. The number of nitrogens with zero attached hydrogens (tertiary/aromatic N) is 1. The van der Waals surface area contributed by atoms with Crippen molar-refractivity contribution in [2.45, 2.75) is 6.42 Å². The highest BCUT2D eigenvalue weighted by molar-refractivity contribution is 6.05. The molecule has 26 heavy (non-hydrogen) atoms. The average Bonchev–Trinajstić information content (AvgIpc) is 2.68. The summed E-state index contributed by atoms with van der Waals surface area (Å²) in [6, 6.07) is 23.7. The second kappa shape index (κ2) is 8.21. The molecule has 0 atom stereocenters. The molecule has 130 valence electrons. The maximum absolute atomic E-state index is 13.3. The molecule has 0 heterocycles. The first-order valence-corrected chi connectivity index (χ1v) is 8.31. The predicted molar refractivity (Wildman–Crippen MR) is 99.7 cm³/mol. The van der Waals surface area contributed by atoms with Gasteiger partial charge in [-0.05, 0) is 29.8 Å². The van der Waals surface area contributed by atoms with E-state index in [1.807, 2.05) is 36.4 Å². The zero-order valence-corrected chi connectivity index (χ0v) is 14.1. The van der Waals surface area contributed by atoms with Crippen molar-refractivity contribution in [3.8, 4) is 0 Å². The van der Waals surface area contributed by atoms with Crippen molar-refractivity contribution in [1.82, 2.24) is 0 Å². The molecule has 0 aromatic heterocycles. The molecule has 1 amide bonds. The number of carbonyl (C=O) groups excluding carboxylic acids is 2. The molecule has 0 fully saturated rings. The number of anilines is 1. The van der Waals surface area contributed by atoms with Gasteiger partial charge in [0.2, 0.25) is 5.91 Å². The Balaban J connectivity index is 1.85. The van der Waals surface area contributed by atoms with Crippen LogP contribution in [0.25, 0.3) is 0 Å². The molecule has 3 aromatic rings.